The van der Waals surface area contributed by atoms with Crippen molar-refractivity contribution >= 4 is 17.7 Å². The van der Waals surface area contributed by atoms with Gasteiger partial charge in [-0.05, 0) is 62.1 Å². The number of rotatable bonds is 7. The zero-order chi connectivity index (χ0) is 32.6. The molecule has 3 amide bonds. The molecule has 3 aliphatic rings. The Balaban J connectivity index is 1.20. The Hall–Kier alpha value is -4.38. The number of benzene rings is 2. The number of ether oxygens (including phenoxy) is 2. The maximum atomic E-state index is 14.0. The molecule has 0 aliphatic carbocycles. The molecule has 2 aromatic carbocycles. The number of nitrogens with one attached hydrogen (secondary N) is 1. The number of hydrogen-bond acceptors (Lipinski definition) is 7. The molecular weight excluding hydrogens is 596 g/mol. The lowest BCUT2D eigenvalue weighted by Crippen LogP contribution is -2.46. The summed E-state index contributed by atoms with van der Waals surface area (Å²) >= 11 is 0. The van der Waals surface area contributed by atoms with Crippen LogP contribution in [0, 0.1) is 0 Å². The molecule has 2 atom stereocenters. The molecule has 3 aromatic rings. The molecule has 250 valence electrons. The number of aryl methyl sites for hydroxylation is 2. The van der Waals surface area contributed by atoms with E-state index in [0.29, 0.717) is 51.4 Å². The van der Waals surface area contributed by atoms with Crippen LogP contribution in [0.15, 0.2) is 60.9 Å². The quantitative estimate of drug-likeness (QED) is 0.420. The van der Waals surface area contributed by atoms with Gasteiger partial charge in [-0.1, -0.05) is 31.2 Å². The molecule has 0 saturated carbocycles. The molecule has 3 aliphatic heterocycles. The number of carbonyl (C=O) groups is 3. The molecule has 0 unspecified atom stereocenters. The standard InChI is InChI=1S/C36H46N6O5/c1-2-33-37-15-20-40(33)19-13-34(43)42-26-29-24-30(42)35(44)38-14-6-7-16-39(25-27-11-12-31-32(23-27)47-22-21-46-31)17-8-18-41(29)36(45)28-9-4-3-5-10-28/h3-5,9-12,15,20,23,29-30H,2,6-8,13-14,16-19,21-22,24-26H2,1H3,(H,38,44)/t29-,30-/m0/s1. The first-order valence-electron chi connectivity index (χ1n) is 17.0. The highest BCUT2D eigenvalue weighted by Gasteiger charge is 2.43. The summed E-state index contributed by atoms with van der Waals surface area (Å²) in [6, 6.07) is 14.6. The molecule has 1 N–H and O–H groups in total. The van der Waals surface area contributed by atoms with Gasteiger partial charge in [-0.3, -0.25) is 19.3 Å². The van der Waals surface area contributed by atoms with E-state index in [4.69, 9.17) is 9.47 Å². The van der Waals surface area contributed by atoms with Gasteiger partial charge in [0.15, 0.2) is 11.5 Å². The fourth-order valence-corrected chi connectivity index (χ4v) is 6.95. The van der Waals surface area contributed by atoms with Crippen LogP contribution in [0.5, 0.6) is 11.5 Å². The molecule has 2 bridgehead atoms. The third-order valence-corrected chi connectivity index (χ3v) is 9.40. The Labute approximate surface area is 276 Å². The van der Waals surface area contributed by atoms with Crippen LogP contribution < -0.4 is 14.8 Å². The van der Waals surface area contributed by atoms with Gasteiger partial charge < -0.3 is 29.2 Å². The van der Waals surface area contributed by atoms with Crippen LogP contribution in [0.1, 0.15) is 60.8 Å². The zero-order valence-electron chi connectivity index (χ0n) is 27.3. The maximum absolute atomic E-state index is 14.0. The highest BCUT2D eigenvalue weighted by atomic mass is 16.6. The van der Waals surface area contributed by atoms with Crippen molar-refractivity contribution in [2.75, 3.05) is 45.9 Å². The third kappa shape index (κ3) is 7.96. The van der Waals surface area contributed by atoms with Crippen molar-refractivity contribution in [2.45, 2.75) is 70.6 Å². The van der Waals surface area contributed by atoms with Crippen LogP contribution in [0.4, 0.5) is 0 Å². The van der Waals surface area contributed by atoms with Crippen LogP contribution >= 0.6 is 0 Å². The Morgan fingerprint density at radius 2 is 1.77 bits per heavy atom. The van der Waals surface area contributed by atoms with Crippen molar-refractivity contribution in [3.8, 4) is 11.5 Å². The molecule has 47 heavy (non-hydrogen) atoms. The number of amides is 3. The third-order valence-electron chi connectivity index (χ3n) is 9.40. The summed E-state index contributed by atoms with van der Waals surface area (Å²) in [4.78, 5) is 51.7. The van der Waals surface area contributed by atoms with Gasteiger partial charge in [0.1, 0.15) is 25.1 Å². The van der Waals surface area contributed by atoms with Gasteiger partial charge in [0.05, 0.1) is 6.04 Å². The van der Waals surface area contributed by atoms with E-state index in [1.165, 1.54) is 0 Å². The summed E-state index contributed by atoms with van der Waals surface area (Å²) < 4.78 is 13.5. The molecule has 2 saturated heterocycles. The van der Waals surface area contributed by atoms with Gasteiger partial charge in [-0.2, -0.15) is 0 Å². The van der Waals surface area contributed by atoms with Crippen LogP contribution in [-0.2, 0) is 29.1 Å². The normalized spacial score (nSPS) is 20.8. The lowest BCUT2D eigenvalue weighted by molar-refractivity contribution is -0.138. The largest absolute Gasteiger partial charge is 0.486 e. The summed E-state index contributed by atoms with van der Waals surface area (Å²) in [5.74, 6) is 2.20. The van der Waals surface area contributed by atoms with E-state index < -0.39 is 6.04 Å². The smallest absolute Gasteiger partial charge is 0.254 e. The number of imidazole rings is 1. The SMILES string of the molecule is CCc1nccn1CCC(=O)N1C[C@@H]2C[C@H]1C(=O)NCCCCN(Cc1ccc3c(c1)OCCO3)CCCN2C(=O)c1ccccc1. The first-order chi connectivity index (χ1) is 23.0. The van der Waals surface area contributed by atoms with Crippen LogP contribution in [0.25, 0.3) is 0 Å². The first kappa shape index (κ1) is 32.6. The number of likely N-dealkylation sites (tertiary alicyclic amines) is 1. The Morgan fingerprint density at radius 3 is 2.60 bits per heavy atom. The van der Waals surface area contributed by atoms with E-state index in [2.05, 4.69) is 27.3 Å². The second-order valence-electron chi connectivity index (χ2n) is 12.6. The molecule has 1 aromatic heterocycles. The monoisotopic (exact) mass is 642 g/mol. The van der Waals surface area contributed by atoms with Gasteiger partial charge >= 0.3 is 0 Å². The van der Waals surface area contributed by atoms with Crippen molar-refractivity contribution < 1.29 is 23.9 Å². The van der Waals surface area contributed by atoms with Gasteiger partial charge in [0.2, 0.25) is 11.8 Å². The van der Waals surface area contributed by atoms with Gasteiger partial charge in [0.25, 0.3) is 5.91 Å². The number of aromatic nitrogens is 2. The van der Waals surface area contributed by atoms with Crippen LogP contribution in [-0.4, -0.2) is 100.0 Å². The number of hydrogen-bond donors (Lipinski definition) is 1. The number of nitrogens with zero attached hydrogens (tertiary/aromatic N) is 5. The molecule has 4 heterocycles. The van der Waals surface area contributed by atoms with Gasteiger partial charge in [-0.25, -0.2) is 4.98 Å². The van der Waals surface area contributed by atoms with E-state index in [9.17, 15) is 14.4 Å². The fourth-order valence-electron chi connectivity index (χ4n) is 6.95. The summed E-state index contributed by atoms with van der Waals surface area (Å²) in [5.41, 5.74) is 1.76. The molecule has 11 heteroatoms. The van der Waals surface area contributed by atoms with Crippen LogP contribution in [0.3, 0.4) is 0 Å². The van der Waals surface area contributed by atoms with Gasteiger partial charge in [0, 0.05) is 70.1 Å². The predicted octanol–water partition coefficient (Wildman–Crippen LogP) is 3.52. The van der Waals surface area contributed by atoms with Gasteiger partial charge in [-0.15, -0.1) is 0 Å². The van der Waals surface area contributed by atoms with Crippen molar-refractivity contribution in [3.05, 3.63) is 77.9 Å². The van der Waals surface area contributed by atoms with E-state index in [1.807, 2.05) is 59.0 Å². The summed E-state index contributed by atoms with van der Waals surface area (Å²) in [6.45, 7) is 7.48. The summed E-state index contributed by atoms with van der Waals surface area (Å²) in [7, 11) is 0. The maximum Gasteiger partial charge on any atom is 0.254 e. The van der Waals surface area contributed by atoms with Crippen molar-refractivity contribution in [3.63, 3.8) is 0 Å². The minimum absolute atomic E-state index is 0.0689. The molecule has 2 fully saturated rings. The molecule has 11 nitrogen and oxygen atoms in total. The minimum Gasteiger partial charge on any atom is -0.486 e. The first-order valence-corrected chi connectivity index (χ1v) is 17.0. The highest BCUT2D eigenvalue weighted by molar-refractivity contribution is 5.95. The molecule has 6 rings (SSSR count). The van der Waals surface area contributed by atoms with Crippen molar-refractivity contribution in [1.29, 1.82) is 0 Å². The highest BCUT2D eigenvalue weighted by Crippen LogP contribution is 2.31. The predicted molar refractivity (Wildman–Crippen MR) is 177 cm³/mol. The van der Waals surface area contributed by atoms with Crippen molar-refractivity contribution in [1.82, 2.24) is 29.6 Å². The zero-order valence-corrected chi connectivity index (χ0v) is 27.3. The average Bonchev–Trinajstić information content (AvgIpc) is 3.76. The molecular formula is C36H46N6O5. The second kappa shape index (κ2) is 15.5. The van der Waals surface area contributed by atoms with E-state index in [-0.39, 0.29) is 30.2 Å². The Morgan fingerprint density at radius 1 is 0.957 bits per heavy atom. The molecule has 0 radical (unpaired) electrons. The number of fused-ring (bicyclic) bond motifs is 3. The van der Waals surface area contributed by atoms with E-state index in [0.717, 1.165) is 68.2 Å². The Bertz CT molecular complexity index is 1530. The van der Waals surface area contributed by atoms with Crippen LogP contribution in [0.2, 0.25) is 0 Å². The molecule has 0 spiro atoms. The second-order valence-corrected chi connectivity index (χ2v) is 12.6. The van der Waals surface area contributed by atoms with E-state index in [1.54, 1.807) is 11.1 Å². The summed E-state index contributed by atoms with van der Waals surface area (Å²) in [5, 5.41) is 3.11. The topological polar surface area (TPSA) is 109 Å². The summed E-state index contributed by atoms with van der Waals surface area (Å²) in [6.07, 6.45) is 7.63. The Kier molecular flexibility index (Phi) is 10.7. The minimum atomic E-state index is -0.610. The fraction of sp³-hybridized carbons (Fsp3) is 0.500. The number of carbonyl (C=O) groups excluding carboxylic acids is 3. The lowest BCUT2D eigenvalue weighted by atomic mass is 10.1. The van der Waals surface area contributed by atoms with Crippen molar-refractivity contribution in [2.24, 2.45) is 0 Å². The lowest BCUT2D eigenvalue weighted by Gasteiger charge is -2.31. The van der Waals surface area contributed by atoms with E-state index >= 15 is 0 Å². The average molecular weight is 643 g/mol.